The molecule has 1 amide bonds. The van der Waals surface area contributed by atoms with Crippen LogP contribution in [-0.4, -0.2) is 58.5 Å². The largest absolute Gasteiger partial charge is 0.339 e. The fraction of sp³-hybridized carbons (Fsp3) is 0.526. The normalized spacial score (nSPS) is 20.6. The van der Waals surface area contributed by atoms with Crippen LogP contribution in [0.25, 0.3) is 10.9 Å². The van der Waals surface area contributed by atoms with Crippen LogP contribution in [0, 0.1) is 12.8 Å². The van der Waals surface area contributed by atoms with Gasteiger partial charge in [0.1, 0.15) is 12.4 Å². The molecule has 25 heavy (non-hydrogen) atoms. The summed E-state index contributed by atoms with van der Waals surface area (Å²) in [5.41, 5.74) is 0.528. The van der Waals surface area contributed by atoms with Gasteiger partial charge < -0.3 is 9.80 Å². The molecule has 0 bridgehead atoms. The predicted molar refractivity (Wildman–Crippen MR) is 98.6 cm³/mol. The molecule has 3 rings (SSSR count). The number of para-hydroxylation sites is 1. The van der Waals surface area contributed by atoms with E-state index in [2.05, 4.69) is 30.9 Å². The summed E-state index contributed by atoms with van der Waals surface area (Å²) in [6.45, 7) is 5.48. The van der Waals surface area contributed by atoms with Crippen molar-refractivity contribution in [2.24, 2.45) is 5.92 Å². The lowest BCUT2D eigenvalue weighted by Gasteiger charge is -2.23. The van der Waals surface area contributed by atoms with Gasteiger partial charge >= 0.3 is 0 Å². The van der Waals surface area contributed by atoms with Gasteiger partial charge in [-0.1, -0.05) is 25.5 Å². The maximum Gasteiger partial charge on any atom is 0.261 e. The number of likely N-dealkylation sites (N-methyl/N-ethyl adjacent to an activating group) is 1. The van der Waals surface area contributed by atoms with Crippen LogP contribution in [0.5, 0.6) is 0 Å². The summed E-state index contributed by atoms with van der Waals surface area (Å²) in [6, 6.07) is 7.64. The summed E-state index contributed by atoms with van der Waals surface area (Å²) in [6.07, 6.45) is 1.04. The zero-order chi connectivity index (χ0) is 18.1. The number of aromatic nitrogens is 2. The molecule has 1 aliphatic rings. The van der Waals surface area contributed by atoms with Gasteiger partial charge in [-0.15, -0.1) is 0 Å². The predicted octanol–water partition coefficient (Wildman–Crippen LogP) is 1.50. The third kappa shape index (κ3) is 3.31. The first-order chi connectivity index (χ1) is 11.9. The lowest BCUT2D eigenvalue weighted by Crippen LogP contribution is -2.38. The molecule has 0 radical (unpaired) electrons. The van der Waals surface area contributed by atoms with E-state index in [9.17, 15) is 9.59 Å². The molecule has 1 aromatic carbocycles. The molecule has 6 heteroatoms. The molecule has 0 aliphatic carbocycles. The van der Waals surface area contributed by atoms with Gasteiger partial charge in [0.2, 0.25) is 5.91 Å². The quantitative estimate of drug-likeness (QED) is 0.845. The minimum Gasteiger partial charge on any atom is -0.339 e. The number of benzene rings is 1. The Morgan fingerprint density at radius 2 is 2.00 bits per heavy atom. The van der Waals surface area contributed by atoms with Crippen LogP contribution >= 0.6 is 0 Å². The molecule has 2 unspecified atom stereocenters. The van der Waals surface area contributed by atoms with Crippen LogP contribution < -0.4 is 5.56 Å². The van der Waals surface area contributed by atoms with Crippen LogP contribution in [-0.2, 0) is 11.3 Å². The van der Waals surface area contributed by atoms with Gasteiger partial charge in [-0.05, 0) is 39.1 Å². The number of hydrogen-bond acceptors (Lipinski definition) is 4. The van der Waals surface area contributed by atoms with Crippen LogP contribution in [0.15, 0.2) is 29.1 Å². The average Bonchev–Trinajstić information content (AvgIpc) is 3.03. The Balaban J connectivity index is 1.84. The highest BCUT2D eigenvalue weighted by atomic mass is 16.2. The summed E-state index contributed by atoms with van der Waals surface area (Å²) < 4.78 is 1.49. The Hall–Kier alpha value is -2.21. The van der Waals surface area contributed by atoms with Gasteiger partial charge in [-0.25, -0.2) is 4.98 Å². The van der Waals surface area contributed by atoms with Crippen molar-refractivity contribution in [2.75, 3.05) is 27.2 Å². The van der Waals surface area contributed by atoms with Crippen LogP contribution in [0.4, 0.5) is 0 Å². The number of carbonyl (C=O) groups excluding carboxylic acids is 1. The monoisotopic (exact) mass is 342 g/mol. The van der Waals surface area contributed by atoms with E-state index in [1.54, 1.807) is 13.0 Å². The molecule has 0 saturated carbocycles. The van der Waals surface area contributed by atoms with Crippen molar-refractivity contribution in [3.63, 3.8) is 0 Å². The highest BCUT2D eigenvalue weighted by Crippen LogP contribution is 2.23. The van der Waals surface area contributed by atoms with Gasteiger partial charge in [0.25, 0.3) is 5.56 Å². The number of likely N-dealkylation sites (tertiary alicyclic amines) is 1. The fourth-order valence-electron chi connectivity index (χ4n) is 3.74. The van der Waals surface area contributed by atoms with Crippen LogP contribution in [0.2, 0.25) is 0 Å². The lowest BCUT2D eigenvalue weighted by atomic mass is 10.0. The number of nitrogens with zero attached hydrogens (tertiary/aromatic N) is 4. The minimum atomic E-state index is -0.146. The maximum absolute atomic E-state index is 12.8. The van der Waals surface area contributed by atoms with E-state index in [0.717, 1.165) is 19.5 Å². The van der Waals surface area contributed by atoms with Gasteiger partial charge in [-0.3, -0.25) is 14.2 Å². The number of fused-ring (bicyclic) bond motifs is 1. The molecule has 2 aromatic rings. The molecule has 1 saturated heterocycles. The molecule has 1 aromatic heterocycles. The average molecular weight is 342 g/mol. The maximum atomic E-state index is 12.8. The summed E-state index contributed by atoms with van der Waals surface area (Å²) in [5, 5.41) is 0.555. The van der Waals surface area contributed by atoms with Crippen molar-refractivity contribution in [2.45, 2.75) is 32.9 Å². The number of aryl methyl sites for hydroxylation is 1. The number of carbonyl (C=O) groups is 1. The van der Waals surface area contributed by atoms with Gasteiger partial charge in [0.15, 0.2) is 0 Å². The first-order valence-corrected chi connectivity index (χ1v) is 8.82. The molecule has 1 aliphatic heterocycles. The Morgan fingerprint density at radius 3 is 2.64 bits per heavy atom. The SMILES string of the molecule is CCC1CN(C(=O)Cn2c(C)nc3ccccc3c2=O)CC1N(C)C. The Morgan fingerprint density at radius 1 is 1.28 bits per heavy atom. The molecule has 1 fully saturated rings. The minimum absolute atomic E-state index is 0.00918. The van der Waals surface area contributed by atoms with Gasteiger partial charge in [0, 0.05) is 19.1 Å². The Labute approximate surface area is 148 Å². The van der Waals surface area contributed by atoms with E-state index >= 15 is 0 Å². The third-order valence-corrected chi connectivity index (χ3v) is 5.29. The zero-order valence-corrected chi connectivity index (χ0v) is 15.4. The molecule has 6 nitrogen and oxygen atoms in total. The highest BCUT2D eigenvalue weighted by molar-refractivity contribution is 5.79. The second-order valence-electron chi connectivity index (χ2n) is 7.07. The van der Waals surface area contributed by atoms with E-state index in [0.29, 0.717) is 28.7 Å². The topological polar surface area (TPSA) is 58.4 Å². The molecular formula is C19H26N4O2. The van der Waals surface area contributed by atoms with Crippen LogP contribution in [0.1, 0.15) is 19.2 Å². The summed E-state index contributed by atoms with van der Waals surface area (Å²) >= 11 is 0. The second kappa shape index (κ2) is 6.96. The molecular weight excluding hydrogens is 316 g/mol. The van der Waals surface area contributed by atoms with Crippen molar-refractivity contribution in [1.82, 2.24) is 19.4 Å². The van der Waals surface area contributed by atoms with E-state index in [1.807, 2.05) is 23.1 Å². The van der Waals surface area contributed by atoms with E-state index in [1.165, 1.54) is 4.57 Å². The lowest BCUT2D eigenvalue weighted by molar-refractivity contribution is -0.131. The van der Waals surface area contributed by atoms with Crippen molar-refractivity contribution in [3.8, 4) is 0 Å². The van der Waals surface area contributed by atoms with E-state index in [-0.39, 0.29) is 18.0 Å². The van der Waals surface area contributed by atoms with E-state index < -0.39 is 0 Å². The van der Waals surface area contributed by atoms with E-state index in [4.69, 9.17) is 0 Å². The van der Waals surface area contributed by atoms with Gasteiger partial charge in [-0.2, -0.15) is 0 Å². The summed E-state index contributed by atoms with van der Waals surface area (Å²) in [4.78, 5) is 34.1. The van der Waals surface area contributed by atoms with Crippen molar-refractivity contribution >= 4 is 16.8 Å². The van der Waals surface area contributed by atoms with Crippen LogP contribution in [0.3, 0.4) is 0 Å². The molecule has 134 valence electrons. The highest BCUT2D eigenvalue weighted by Gasteiger charge is 2.35. The summed E-state index contributed by atoms with van der Waals surface area (Å²) in [7, 11) is 4.12. The standard InChI is InChI=1S/C19H26N4O2/c1-5-14-10-22(11-17(14)21(3)4)18(24)12-23-13(2)20-16-9-7-6-8-15(16)19(23)25/h6-9,14,17H,5,10-12H2,1-4H3. The molecule has 2 heterocycles. The zero-order valence-electron chi connectivity index (χ0n) is 15.4. The van der Waals surface area contributed by atoms with Crippen molar-refractivity contribution < 1.29 is 4.79 Å². The Kier molecular flexibility index (Phi) is 4.90. The Bertz CT molecular complexity index is 843. The molecule has 0 spiro atoms. The van der Waals surface area contributed by atoms with Crippen molar-refractivity contribution in [3.05, 3.63) is 40.4 Å². The first-order valence-electron chi connectivity index (χ1n) is 8.82. The number of rotatable bonds is 4. The smallest absolute Gasteiger partial charge is 0.261 e. The number of hydrogen-bond donors (Lipinski definition) is 0. The summed E-state index contributed by atoms with van der Waals surface area (Å²) in [5.74, 6) is 1.05. The fourth-order valence-corrected chi connectivity index (χ4v) is 3.74. The van der Waals surface area contributed by atoms with Crippen molar-refractivity contribution in [1.29, 1.82) is 0 Å². The number of amides is 1. The molecule has 2 atom stereocenters. The second-order valence-corrected chi connectivity index (χ2v) is 7.07. The molecule has 0 N–H and O–H groups in total. The van der Waals surface area contributed by atoms with Gasteiger partial charge in [0.05, 0.1) is 10.9 Å². The third-order valence-electron chi connectivity index (χ3n) is 5.29. The first kappa shape index (κ1) is 17.6.